The first-order chi connectivity index (χ1) is 10.7. The van der Waals surface area contributed by atoms with Crippen molar-refractivity contribution < 1.29 is 0 Å². The van der Waals surface area contributed by atoms with E-state index in [-0.39, 0.29) is 0 Å². The van der Waals surface area contributed by atoms with E-state index < -0.39 is 0 Å². The maximum absolute atomic E-state index is 4.64. The second kappa shape index (κ2) is 9.05. The molecule has 0 aliphatic carbocycles. The highest BCUT2D eigenvalue weighted by Gasteiger charge is 2.01. The van der Waals surface area contributed by atoms with Gasteiger partial charge in [0, 0.05) is 11.5 Å². The monoisotopic (exact) mass is 311 g/mol. The minimum Gasteiger partial charge on any atom is -0.256 e. The summed E-state index contributed by atoms with van der Waals surface area (Å²) in [5.74, 6) is 0.875. The summed E-state index contributed by atoms with van der Waals surface area (Å²) in [6, 6.07) is 20.6. The van der Waals surface area contributed by atoms with E-state index in [1.165, 1.54) is 11.1 Å². The molecule has 0 heterocycles. The van der Waals surface area contributed by atoms with Gasteiger partial charge in [-0.05, 0) is 25.0 Å². The summed E-state index contributed by atoms with van der Waals surface area (Å²) in [4.78, 5) is 4.64. The summed E-state index contributed by atoms with van der Waals surface area (Å²) < 4.78 is 0. The highest BCUT2D eigenvalue weighted by atomic mass is 32.2. The number of thioether (sulfide) groups is 1. The second-order valence-electron chi connectivity index (χ2n) is 5.05. The standard InChI is InChI=1S/C18H21N3S/c1-15(2)20-21-18(19-13-16-9-5-3-6-10-16)22-14-17-11-7-4-8-12-17/h3-12H,13-14H2,1-2H3,(H,19,21). The first kappa shape index (κ1) is 16.3. The number of hydrogen-bond donors (Lipinski definition) is 1. The molecule has 0 bridgehead atoms. The topological polar surface area (TPSA) is 36.8 Å². The Labute approximate surface area is 136 Å². The van der Waals surface area contributed by atoms with E-state index >= 15 is 0 Å². The summed E-state index contributed by atoms with van der Waals surface area (Å²) in [5.41, 5.74) is 6.51. The number of nitrogens with zero attached hydrogens (tertiary/aromatic N) is 2. The van der Waals surface area contributed by atoms with Gasteiger partial charge in [0.05, 0.1) is 6.54 Å². The highest BCUT2D eigenvalue weighted by molar-refractivity contribution is 8.13. The lowest BCUT2D eigenvalue weighted by Gasteiger charge is -2.07. The van der Waals surface area contributed by atoms with E-state index in [2.05, 4.69) is 51.9 Å². The number of hydrazone groups is 1. The predicted molar refractivity (Wildman–Crippen MR) is 97.2 cm³/mol. The van der Waals surface area contributed by atoms with Gasteiger partial charge in [0.2, 0.25) is 0 Å². The summed E-state index contributed by atoms with van der Waals surface area (Å²) in [6.45, 7) is 4.58. The normalized spacial score (nSPS) is 11.1. The van der Waals surface area contributed by atoms with Crippen LogP contribution in [0.25, 0.3) is 0 Å². The Morgan fingerprint density at radius 2 is 1.50 bits per heavy atom. The quantitative estimate of drug-likeness (QED) is 0.503. The second-order valence-corrected chi connectivity index (χ2v) is 6.02. The van der Waals surface area contributed by atoms with Crippen LogP contribution in [0.1, 0.15) is 25.0 Å². The summed E-state index contributed by atoms with van der Waals surface area (Å²) >= 11 is 1.67. The molecule has 0 aromatic heterocycles. The van der Waals surface area contributed by atoms with Crippen LogP contribution in [-0.2, 0) is 12.3 Å². The largest absolute Gasteiger partial charge is 0.256 e. The molecule has 4 heteroatoms. The van der Waals surface area contributed by atoms with Crippen molar-refractivity contribution in [1.29, 1.82) is 0 Å². The fraction of sp³-hybridized carbons (Fsp3) is 0.222. The number of rotatable bonds is 5. The van der Waals surface area contributed by atoms with Crippen molar-refractivity contribution in [2.75, 3.05) is 0 Å². The molecule has 0 atom stereocenters. The maximum atomic E-state index is 4.64. The fourth-order valence-corrected chi connectivity index (χ4v) is 2.51. The van der Waals surface area contributed by atoms with Crippen molar-refractivity contribution in [1.82, 2.24) is 5.43 Å². The molecule has 0 saturated carbocycles. The Morgan fingerprint density at radius 3 is 2.09 bits per heavy atom. The van der Waals surface area contributed by atoms with E-state index in [1.807, 2.05) is 38.1 Å². The van der Waals surface area contributed by atoms with Gasteiger partial charge in [-0.15, -0.1) is 0 Å². The average Bonchev–Trinajstić information content (AvgIpc) is 2.56. The molecule has 2 aromatic carbocycles. The van der Waals surface area contributed by atoms with Gasteiger partial charge in [-0.3, -0.25) is 10.4 Å². The lowest BCUT2D eigenvalue weighted by atomic mass is 10.2. The minimum atomic E-state index is 0.656. The van der Waals surface area contributed by atoms with Crippen LogP contribution in [0.5, 0.6) is 0 Å². The number of benzene rings is 2. The molecule has 2 aromatic rings. The van der Waals surface area contributed by atoms with Crippen LogP contribution < -0.4 is 5.43 Å². The zero-order valence-corrected chi connectivity index (χ0v) is 13.8. The van der Waals surface area contributed by atoms with Crippen LogP contribution >= 0.6 is 11.8 Å². The third kappa shape index (κ3) is 6.14. The lowest BCUT2D eigenvalue weighted by molar-refractivity contribution is 0.989. The molecule has 3 nitrogen and oxygen atoms in total. The van der Waals surface area contributed by atoms with Gasteiger partial charge in [-0.1, -0.05) is 72.4 Å². The van der Waals surface area contributed by atoms with Crippen molar-refractivity contribution in [2.45, 2.75) is 26.1 Å². The van der Waals surface area contributed by atoms with Crippen LogP contribution in [0, 0.1) is 0 Å². The molecule has 2 rings (SSSR count). The Morgan fingerprint density at radius 1 is 0.909 bits per heavy atom. The summed E-state index contributed by atoms with van der Waals surface area (Å²) in [6.07, 6.45) is 0. The Hall–Kier alpha value is -2.07. The molecule has 0 fully saturated rings. The van der Waals surface area contributed by atoms with Crippen molar-refractivity contribution >= 4 is 22.6 Å². The maximum Gasteiger partial charge on any atom is 0.177 e. The molecule has 0 amide bonds. The smallest absolute Gasteiger partial charge is 0.177 e. The first-order valence-corrected chi connectivity index (χ1v) is 8.24. The van der Waals surface area contributed by atoms with Gasteiger partial charge in [-0.2, -0.15) is 5.10 Å². The zero-order valence-electron chi connectivity index (χ0n) is 13.0. The Kier molecular flexibility index (Phi) is 6.71. The van der Waals surface area contributed by atoms with Gasteiger partial charge >= 0.3 is 0 Å². The van der Waals surface area contributed by atoms with Crippen LogP contribution in [0.4, 0.5) is 0 Å². The molecule has 0 spiro atoms. The molecule has 1 N–H and O–H groups in total. The van der Waals surface area contributed by atoms with E-state index in [9.17, 15) is 0 Å². The molecule has 0 saturated heterocycles. The molecule has 0 aliphatic rings. The Balaban J connectivity index is 2.00. The van der Waals surface area contributed by atoms with Crippen molar-refractivity contribution in [3.05, 3.63) is 71.8 Å². The van der Waals surface area contributed by atoms with Crippen LogP contribution in [0.2, 0.25) is 0 Å². The minimum absolute atomic E-state index is 0.656. The number of aliphatic imine (C=N–C) groups is 1. The third-order valence-electron chi connectivity index (χ3n) is 2.84. The van der Waals surface area contributed by atoms with Gasteiger partial charge in [0.15, 0.2) is 5.17 Å². The van der Waals surface area contributed by atoms with E-state index in [1.54, 1.807) is 11.8 Å². The number of hydrogen-bond acceptors (Lipinski definition) is 3. The first-order valence-electron chi connectivity index (χ1n) is 7.26. The van der Waals surface area contributed by atoms with Gasteiger partial charge in [0.25, 0.3) is 0 Å². The van der Waals surface area contributed by atoms with Gasteiger partial charge in [0.1, 0.15) is 0 Å². The average molecular weight is 311 g/mol. The van der Waals surface area contributed by atoms with E-state index in [4.69, 9.17) is 0 Å². The summed E-state index contributed by atoms with van der Waals surface area (Å²) in [5, 5.41) is 5.11. The molecule has 22 heavy (non-hydrogen) atoms. The molecule has 0 radical (unpaired) electrons. The Bertz CT molecular complexity index is 617. The SMILES string of the molecule is CC(C)=NNC(=NCc1ccccc1)SCc1ccccc1. The third-order valence-corrected chi connectivity index (χ3v) is 3.81. The van der Waals surface area contributed by atoms with E-state index in [0.29, 0.717) is 6.54 Å². The van der Waals surface area contributed by atoms with Crippen LogP contribution in [0.15, 0.2) is 70.8 Å². The number of nitrogens with one attached hydrogen (secondary N) is 1. The van der Waals surface area contributed by atoms with Gasteiger partial charge < -0.3 is 0 Å². The summed E-state index contributed by atoms with van der Waals surface area (Å²) in [7, 11) is 0. The molecule has 0 aliphatic heterocycles. The van der Waals surface area contributed by atoms with Crippen LogP contribution in [-0.4, -0.2) is 10.9 Å². The van der Waals surface area contributed by atoms with Gasteiger partial charge in [-0.25, -0.2) is 0 Å². The van der Waals surface area contributed by atoms with E-state index in [0.717, 1.165) is 16.6 Å². The number of amidine groups is 1. The fourth-order valence-electron chi connectivity index (χ4n) is 1.75. The lowest BCUT2D eigenvalue weighted by Crippen LogP contribution is -2.15. The molecule has 114 valence electrons. The highest BCUT2D eigenvalue weighted by Crippen LogP contribution is 2.13. The molecular weight excluding hydrogens is 290 g/mol. The van der Waals surface area contributed by atoms with Crippen molar-refractivity contribution in [3.63, 3.8) is 0 Å². The molecular formula is C18H21N3S. The molecule has 0 unspecified atom stereocenters. The predicted octanol–water partition coefficient (Wildman–Crippen LogP) is 4.46. The van der Waals surface area contributed by atoms with Crippen LogP contribution in [0.3, 0.4) is 0 Å². The van der Waals surface area contributed by atoms with Crippen molar-refractivity contribution in [3.8, 4) is 0 Å². The van der Waals surface area contributed by atoms with Crippen molar-refractivity contribution in [2.24, 2.45) is 10.1 Å². The zero-order chi connectivity index (χ0) is 15.6.